The smallest absolute Gasteiger partial charge is 0.232 e. The number of fused-ring (bicyclic) bond motifs is 1. The van der Waals surface area contributed by atoms with Crippen LogP contribution >= 0.6 is 0 Å². The van der Waals surface area contributed by atoms with Crippen LogP contribution < -0.4 is 19.5 Å². The number of benzene rings is 2. The molecule has 2 aromatic heterocycles. The van der Waals surface area contributed by atoms with E-state index >= 15 is 0 Å². The van der Waals surface area contributed by atoms with Crippen molar-refractivity contribution in [3.05, 3.63) is 47.7 Å². The lowest BCUT2D eigenvalue weighted by Gasteiger charge is -2.13. The second-order valence-electron chi connectivity index (χ2n) is 6.84. The molecule has 0 fully saturated rings. The first-order valence-electron chi connectivity index (χ1n) is 9.44. The van der Waals surface area contributed by atoms with Crippen LogP contribution in [0.25, 0.3) is 22.2 Å². The highest BCUT2D eigenvalue weighted by Crippen LogP contribution is 2.41. The van der Waals surface area contributed by atoms with E-state index in [0.29, 0.717) is 39.8 Å². The number of carbonyl (C=O) groups is 1. The summed E-state index contributed by atoms with van der Waals surface area (Å²) in [5.41, 5.74) is 3.43. The molecule has 0 saturated heterocycles. The van der Waals surface area contributed by atoms with E-state index in [2.05, 4.69) is 15.6 Å². The van der Waals surface area contributed by atoms with Crippen molar-refractivity contribution in [2.24, 2.45) is 0 Å². The van der Waals surface area contributed by atoms with Crippen LogP contribution in [0.5, 0.6) is 17.2 Å². The maximum absolute atomic E-state index is 12.5. The topological polar surface area (TPSA) is 109 Å². The molecular weight excluding hydrogens is 402 g/mol. The summed E-state index contributed by atoms with van der Waals surface area (Å²) in [5, 5.41) is 11.5. The molecule has 0 unspecified atom stereocenters. The van der Waals surface area contributed by atoms with Gasteiger partial charge >= 0.3 is 0 Å². The Morgan fingerprint density at radius 1 is 0.968 bits per heavy atom. The number of nitrogens with one attached hydrogen (secondary N) is 1. The third-order valence-electron chi connectivity index (χ3n) is 4.76. The van der Waals surface area contributed by atoms with E-state index in [-0.39, 0.29) is 18.2 Å². The lowest BCUT2D eigenvalue weighted by Crippen LogP contribution is -2.14. The Hall–Kier alpha value is -4.01. The molecule has 0 aliphatic carbocycles. The molecule has 0 aliphatic rings. The predicted molar refractivity (Wildman–Crippen MR) is 113 cm³/mol. The van der Waals surface area contributed by atoms with Crippen molar-refractivity contribution in [1.29, 1.82) is 0 Å². The van der Waals surface area contributed by atoms with Gasteiger partial charge in [-0.25, -0.2) is 0 Å². The van der Waals surface area contributed by atoms with Gasteiger partial charge in [-0.3, -0.25) is 10.1 Å². The zero-order chi connectivity index (χ0) is 22.0. The number of carbonyl (C=O) groups excluding carboxylic acids is 1. The summed E-state index contributed by atoms with van der Waals surface area (Å²) < 4.78 is 26.6. The molecule has 1 amide bonds. The molecular formula is C22H21N3O6. The summed E-state index contributed by atoms with van der Waals surface area (Å²) in [4.78, 5) is 12.5. The van der Waals surface area contributed by atoms with Gasteiger partial charge in [-0.2, -0.15) is 0 Å². The van der Waals surface area contributed by atoms with Gasteiger partial charge in [0.25, 0.3) is 0 Å². The molecule has 0 spiro atoms. The summed E-state index contributed by atoms with van der Waals surface area (Å²) in [6, 6.07) is 10.8. The molecule has 2 heterocycles. The second kappa shape index (κ2) is 8.39. The van der Waals surface area contributed by atoms with Gasteiger partial charge in [0.1, 0.15) is 11.4 Å². The van der Waals surface area contributed by atoms with Crippen LogP contribution in [0.1, 0.15) is 11.3 Å². The summed E-state index contributed by atoms with van der Waals surface area (Å²) in [5.74, 6) is 1.35. The van der Waals surface area contributed by atoms with E-state index < -0.39 is 0 Å². The number of amides is 1. The number of aryl methyl sites for hydroxylation is 1. The van der Waals surface area contributed by atoms with Gasteiger partial charge in [0, 0.05) is 17.0 Å². The lowest BCUT2D eigenvalue weighted by atomic mass is 10.1. The SMILES string of the molecule is COc1cc(-c2cc(NC(=O)Cc3noc4ccc(C)cc34)on2)cc(OC)c1OC. The van der Waals surface area contributed by atoms with Crippen LogP contribution in [0, 0.1) is 6.92 Å². The van der Waals surface area contributed by atoms with E-state index in [4.69, 9.17) is 23.3 Å². The van der Waals surface area contributed by atoms with Gasteiger partial charge in [-0.15, -0.1) is 0 Å². The van der Waals surface area contributed by atoms with Crippen molar-refractivity contribution in [2.45, 2.75) is 13.3 Å². The molecule has 9 heteroatoms. The Morgan fingerprint density at radius 3 is 2.39 bits per heavy atom. The Kier molecular flexibility index (Phi) is 5.48. The van der Waals surface area contributed by atoms with Crippen molar-refractivity contribution < 1.29 is 28.1 Å². The minimum absolute atomic E-state index is 0.0384. The average Bonchev–Trinajstić information content (AvgIpc) is 3.39. The number of aromatic nitrogens is 2. The average molecular weight is 423 g/mol. The minimum atomic E-state index is -0.302. The maximum Gasteiger partial charge on any atom is 0.232 e. The van der Waals surface area contributed by atoms with Crippen molar-refractivity contribution >= 4 is 22.8 Å². The molecule has 0 bridgehead atoms. The highest BCUT2D eigenvalue weighted by Gasteiger charge is 2.18. The molecule has 2 aromatic carbocycles. The van der Waals surface area contributed by atoms with Gasteiger partial charge in [0.2, 0.25) is 17.5 Å². The van der Waals surface area contributed by atoms with E-state index in [0.717, 1.165) is 10.9 Å². The molecule has 0 aliphatic heterocycles. The fourth-order valence-corrected chi connectivity index (χ4v) is 3.26. The Bertz CT molecular complexity index is 1220. The van der Waals surface area contributed by atoms with Gasteiger partial charge in [-0.05, 0) is 31.2 Å². The van der Waals surface area contributed by atoms with Gasteiger partial charge in [0.05, 0.1) is 27.8 Å². The summed E-state index contributed by atoms with van der Waals surface area (Å²) >= 11 is 0. The quantitative estimate of drug-likeness (QED) is 0.475. The first-order chi connectivity index (χ1) is 15.0. The van der Waals surface area contributed by atoms with Crippen molar-refractivity contribution in [2.75, 3.05) is 26.6 Å². The third kappa shape index (κ3) is 4.02. The Labute approximate surface area is 177 Å². The third-order valence-corrected chi connectivity index (χ3v) is 4.76. The molecule has 160 valence electrons. The van der Waals surface area contributed by atoms with Crippen LogP contribution in [-0.4, -0.2) is 37.5 Å². The molecule has 9 nitrogen and oxygen atoms in total. The summed E-state index contributed by atoms with van der Waals surface area (Å²) in [6.07, 6.45) is 0.0384. The van der Waals surface area contributed by atoms with Crippen LogP contribution in [0.15, 0.2) is 45.4 Å². The van der Waals surface area contributed by atoms with Crippen LogP contribution in [0.4, 0.5) is 5.88 Å². The van der Waals surface area contributed by atoms with Gasteiger partial charge < -0.3 is 23.3 Å². The number of methoxy groups -OCH3 is 3. The molecule has 0 radical (unpaired) electrons. The minimum Gasteiger partial charge on any atom is -0.493 e. The molecule has 4 aromatic rings. The first-order valence-corrected chi connectivity index (χ1v) is 9.44. The number of rotatable bonds is 7. The monoisotopic (exact) mass is 423 g/mol. The molecule has 1 N–H and O–H groups in total. The molecule has 31 heavy (non-hydrogen) atoms. The Morgan fingerprint density at radius 2 is 1.71 bits per heavy atom. The molecule has 0 atom stereocenters. The van der Waals surface area contributed by atoms with Crippen LogP contribution in [0.2, 0.25) is 0 Å². The maximum atomic E-state index is 12.5. The van der Waals surface area contributed by atoms with Crippen molar-refractivity contribution in [3.8, 4) is 28.5 Å². The number of ether oxygens (including phenoxy) is 3. The highest BCUT2D eigenvalue weighted by molar-refractivity contribution is 5.94. The predicted octanol–water partition coefficient (Wildman–Crippen LogP) is 4.00. The van der Waals surface area contributed by atoms with E-state index in [1.54, 1.807) is 18.2 Å². The summed E-state index contributed by atoms with van der Waals surface area (Å²) in [7, 11) is 4.60. The normalized spacial score (nSPS) is 10.8. The van der Waals surface area contributed by atoms with Gasteiger partial charge in [-0.1, -0.05) is 21.9 Å². The Balaban J connectivity index is 1.52. The lowest BCUT2D eigenvalue weighted by molar-refractivity contribution is -0.115. The fraction of sp³-hybridized carbons (Fsp3) is 0.227. The zero-order valence-electron chi connectivity index (χ0n) is 17.5. The van der Waals surface area contributed by atoms with Crippen molar-refractivity contribution in [1.82, 2.24) is 10.3 Å². The van der Waals surface area contributed by atoms with Crippen LogP contribution in [0.3, 0.4) is 0 Å². The standard InChI is InChI=1S/C22H21N3O6/c1-12-5-6-17-14(7-12)16(25-30-17)10-20(26)23-21-11-15(24-31-21)13-8-18(27-2)22(29-4)19(9-13)28-3/h5-9,11H,10H2,1-4H3,(H,23,26). The number of nitrogens with zero attached hydrogens (tertiary/aromatic N) is 2. The molecule has 4 rings (SSSR count). The summed E-state index contributed by atoms with van der Waals surface area (Å²) in [6.45, 7) is 1.97. The van der Waals surface area contributed by atoms with Crippen LogP contribution in [-0.2, 0) is 11.2 Å². The second-order valence-corrected chi connectivity index (χ2v) is 6.84. The highest BCUT2D eigenvalue weighted by atomic mass is 16.5. The zero-order valence-corrected chi connectivity index (χ0v) is 17.5. The first kappa shape index (κ1) is 20.3. The number of anilines is 1. The fourth-order valence-electron chi connectivity index (χ4n) is 3.26. The largest absolute Gasteiger partial charge is 0.493 e. The van der Waals surface area contributed by atoms with E-state index in [1.807, 2.05) is 25.1 Å². The van der Waals surface area contributed by atoms with Crippen molar-refractivity contribution in [3.63, 3.8) is 0 Å². The van der Waals surface area contributed by atoms with Gasteiger partial charge in [0.15, 0.2) is 17.1 Å². The molecule has 0 saturated carbocycles. The van der Waals surface area contributed by atoms with E-state index in [1.165, 1.54) is 21.3 Å². The van der Waals surface area contributed by atoms with E-state index in [9.17, 15) is 4.79 Å². The number of hydrogen-bond acceptors (Lipinski definition) is 8. The number of hydrogen-bond donors (Lipinski definition) is 1.